The summed E-state index contributed by atoms with van der Waals surface area (Å²) in [5.41, 5.74) is 0.904. The second-order valence-corrected chi connectivity index (χ2v) is 4.79. The van der Waals surface area contributed by atoms with Crippen LogP contribution in [0.3, 0.4) is 0 Å². The molecule has 1 aliphatic rings. The van der Waals surface area contributed by atoms with Crippen molar-refractivity contribution < 1.29 is 9.84 Å². The Labute approximate surface area is 102 Å². The van der Waals surface area contributed by atoms with E-state index in [1.807, 2.05) is 12.1 Å². The van der Waals surface area contributed by atoms with Crippen LogP contribution in [0.5, 0.6) is 0 Å². The second kappa shape index (κ2) is 5.02. The van der Waals surface area contributed by atoms with E-state index < -0.39 is 6.10 Å². The van der Waals surface area contributed by atoms with Crippen LogP contribution >= 0.6 is 0 Å². The summed E-state index contributed by atoms with van der Waals surface area (Å²) in [6, 6.07) is 3.80. The predicted molar refractivity (Wildman–Crippen MR) is 67.1 cm³/mol. The summed E-state index contributed by atoms with van der Waals surface area (Å²) < 4.78 is 5.70. The van der Waals surface area contributed by atoms with E-state index >= 15 is 0 Å². The Kier molecular flexibility index (Phi) is 3.64. The molecule has 0 aromatic carbocycles. The molecule has 1 saturated heterocycles. The van der Waals surface area contributed by atoms with E-state index in [2.05, 4.69) is 23.7 Å². The SMILES string of the molecule is CC1CN(c2cc([C@@H](C)O)ccn2)CC(C)O1. The molecule has 0 aliphatic carbocycles. The summed E-state index contributed by atoms with van der Waals surface area (Å²) >= 11 is 0. The Morgan fingerprint density at radius 1 is 1.41 bits per heavy atom. The highest BCUT2D eigenvalue weighted by Gasteiger charge is 2.23. The van der Waals surface area contributed by atoms with Crippen LogP contribution in [0, 0.1) is 0 Å². The van der Waals surface area contributed by atoms with Gasteiger partial charge in [-0.15, -0.1) is 0 Å². The predicted octanol–water partition coefficient (Wildman–Crippen LogP) is 1.75. The molecule has 1 aliphatic heterocycles. The summed E-state index contributed by atoms with van der Waals surface area (Å²) in [5.74, 6) is 0.922. The van der Waals surface area contributed by atoms with Crippen LogP contribution in [0.1, 0.15) is 32.4 Å². The van der Waals surface area contributed by atoms with Crippen LogP contribution < -0.4 is 4.90 Å². The monoisotopic (exact) mass is 236 g/mol. The number of rotatable bonds is 2. The summed E-state index contributed by atoms with van der Waals surface area (Å²) in [4.78, 5) is 6.59. The summed E-state index contributed by atoms with van der Waals surface area (Å²) in [6.07, 6.45) is 1.74. The number of hydrogen-bond acceptors (Lipinski definition) is 4. The second-order valence-electron chi connectivity index (χ2n) is 4.79. The molecule has 2 rings (SSSR count). The molecule has 2 unspecified atom stereocenters. The van der Waals surface area contributed by atoms with Gasteiger partial charge in [0, 0.05) is 19.3 Å². The van der Waals surface area contributed by atoms with Crippen molar-refractivity contribution in [2.24, 2.45) is 0 Å². The van der Waals surface area contributed by atoms with Crippen LogP contribution in [0.4, 0.5) is 5.82 Å². The minimum atomic E-state index is -0.451. The Morgan fingerprint density at radius 2 is 2.06 bits per heavy atom. The van der Waals surface area contributed by atoms with Crippen molar-refractivity contribution in [3.63, 3.8) is 0 Å². The van der Waals surface area contributed by atoms with Crippen LogP contribution in [-0.4, -0.2) is 35.4 Å². The van der Waals surface area contributed by atoms with Crippen molar-refractivity contribution >= 4 is 5.82 Å². The standard InChI is InChI=1S/C13H20N2O2/c1-9-7-15(8-10(2)17-9)13-6-12(11(3)16)4-5-14-13/h4-6,9-11,16H,7-8H2,1-3H3/t9?,10?,11-/m1/s1. The Morgan fingerprint density at radius 3 is 2.65 bits per heavy atom. The van der Waals surface area contributed by atoms with Crippen molar-refractivity contribution in [3.05, 3.63) is 23.9 Å². The zero-order valence-corrected chi connectivity index (χ0v) is 10.6. The van der Waals surface area contributed by atoms with E-state index in [0.29, 0.717) is 0 Å². The number of aliphatic hydroxyl groups excluding tert-OH is 1. The van der Waals surface area contributed by atoms with Crippen LogP contribution in [0.25, 0.3) is 0 Å². The van der Waals surface area contributed by atoms with Gasteiger partial charge in [0.25, 0.3) is 0 Å². The molecule has 1 aromatic heterocycles. The van der Waals surface area contributed by atoms with E-state index in [1.165, 1.54) is 0 Å². The van der Waals surface area contributed by atoms with E-state index in [4.69, 9.17) is 4.74 Å². The Bertz CT molecular complexity index is 371. The fraction of sp³-hybridized carbons (Fsp3) is 0.615. The minimum Gasteiger partial charge on any atom is -0.389 e. The van der Waals surface area contributed by atoms with Gasteiger partial charge in [-0.1, -0.05) is 0 Å². The summed E-state index contributed by atoms with van der Waals surface area (Å²) in [5, 5.41) is 9.58. The minimum absolute atomic E-state index is 0.218. The molecule has 17 heavy (non-hydrogen) atoms. The van der Waals surface area contributed by atoms with E-state index in [-0.39, 0.29) is 12.2 Å². The Balaban J connectivity index is 2.18. The molecule has 0 amide bonds. The molecule has 1 N–H and O–H groups in total. The lowest BCUT2D eigenvalue weighted by Gasteiger charge is -2.36. The topological polar surface area (TPSA) is 45.6 Å². The smallest absolute Gasteiger partial charge is 0.129 e. The third kappa shape index (κ3) is 2.96. The van der Waals surface area contributed by atoms with Crippen LogP contribution in [0.15, 0.2) is 18.3 Å². The molecular weight excluding hydrogens is 216 g/mol. The summed E-state index contributed by atoms with van der Waals surface area (Å²) in [7, 11) is 0. The van der Waals surface area contributed by atoms with Gasteiger partial charge in [-0.2, -0.15) is 0 Å². The van der Waals surface area contributed by atoms with Crippen LogP contribution in [0.2, 0.25) is 0 Å². The first kappa shape index (κ1) is 12.3. The molecule has 1 aromatic rings. The normalized spacial score (nSPS) is 26.9. The lowest BCUT2D eigenvalue weighted by Crippen LogP contribution is -2.45. The number of pyridine rings is 1. The van der Waals surface area contributed by atoms with Gasteiger partial charge in [-0.3, -0.25) is 0 Å². The van der Waals surface area contributed by atoms with Crippen LogP contribution in [-0.2, 0) is 4.74 Å². The highest BCUT2D eigenvalue weighted by Crippen LogP contribution is 2.21. The van der Waals surface area contributed by atoms with Crippen molar-refractivity contribution in [3.8, 4) is 0 Å². The van der Waals surface area contributed by atoms with E-state index in [0.717, 1.165) is 24.5 Å². The molecule has 4 nitrogen and oxygen atoms in total. The van der Waals surface area contributed by atoms with Gasteiger partial charge < -0.3 is 14.7 Å². The maximum atomic E-state index is 9.58. The van der Waals surface area contributed by atoms with E-state index in [9.17, 15) is 5.11 Å². The lowest BCUT2D eigenvalue weighted by atomic mass is 10.1. The number of hydrogen-bond donors (Lipinski definition) is 1. The molecular formula is C13H20N2O2. The van der Waals surface area contributed by atoms with Gasteiger partial charge in [-0.25, -0.2) is 4.98 Å². The van der Waals surface area contributed by atoms with E-state index in [1.54, 1.807) is 13.1 Å². The highest BCUT2D eigenvalue weighted by molar-refractivity contribution is 5.42. The number of morpholine rings is 1. The molecule has 0 saturated carbocycles. The molecule has 4 heteroatoms. The zero-order valence-electron chi connectivity index (χ0n) is 10.6. The van der Waals surface area contributed by atoms with Gasteiger partial charge in [0.05, 0.1) is 18.3 Å². The fourth-order valence-electron chi connectivity index (χ4n) is 2.23. The number of aromatic nitrogens is 1. The first-order valence-electron chi connectivity index (χ1n) is 6.10. The number of nitrogens with zero attached hydrogens (tertiary/aromatic N) is 2. The van der Waals surface area contributed by atoms with Gasteiger partial charge >= 0.3 is 0 Å². The first-order chi connectivity index (χ1) is 8.06. The summed E-state index contributed by atoms with van der Waals surface area (Å²) in [6.45, 7) is 7.60. The van der Waals surface area contributed by atoms with Gasteiger partial charge in [0.1, 0.15) is 5.82 Å². The first-order valence-corrected chi connectivity index (χ1v) is 6.10. The number of anilines is 1. The molecule has 3 atom stereocenters. The number of aliphatic hydroxyl groups is 1. The van der Waals surface area contributed by atoms with Gasteiger partial charge in [0.2, 0.25) is 0 Å². The fourth-order valence-corrected chi connectivity index (χ4v) is 2.23. The third-order valence-corrected chi connectivity index (χ3v) is 3.00. The average molecular weight is 236 g/mol. The molecule has 94 valence electrons. The molecule has 0 radical (unpaired) electrons. The number of ether oxygens (including phenoxy) is 1. The quantitative estimate of drug-likeness (QED) is 0.849. The molecule has 2 heterocycles. The highest BCUT2D eigenvalue weighted by atomic mass is 16.5. The van der Waals surface area contributed by atoms with Crippen molar-refractivity contribution in [1.82, 2.24) is 4.98 Å². The average Bonchev–Trinajstić information content (AvgIpc) is 2.28. The largest absolute Gasteiger partial charge is 0.389 e. The van der Waals surface area contributed by atoms with Crippen molar-refractivity contribution in [2.45, 2.75) is 39.1 Å². The lowest BCUT2D eigenvalue weighted by molar-refractivity contribution is -0.00546. The van der Waals surface area contributed by atoms with Crippen molar-refractivity contribution in [2.75, 3.05) is 18.0 Å². The maximum absolute atomic E-state index is 9.58. The zero-order chi connectivity index (χ0) is 12.4. The molecule has 0 bridgehead atoms. The molecule has 0 spiro atoms. The van der Waals surface area contributed by atoms with Crippen molar-refractivity contribution in [1.29, 1.82) is 0 Å². The van der Waals surface area contributed by atoms with Gasteiger partial charge in [0.15, 0.2) is 0 Å². The molecule has 1 fully saturated rings. The Hall–Kier alpha value is -1.13. The maximum Gasteiger partial charge on any atom is 0.129 e. The van der Waals surface area contributed by atoms with Gasteiger partial charge in [-0.05, 0) is 38.5 Å². The third-order valence-electron chi connectivity index (χ3n) is 3.00.